The summed E-state index contributed by atoms with van der Waals surface area (Å²) >= 11 is 6.43. The molecule has 4 aromatic rings. The van der Waals surface area contributed by atoms with Crippen LogP contribution in [0.2, 0.25) is 5.02 Å². The van der Waals surface area contributed by atoms with Gasteiger partial charge in [-0.05, 0) is 49.2 Å². The summed E-state index contributed by atoms with van der Waals surface area (Å²) in [5.41, 5.74) is 2.66. The lowest BCUT2D eigenvalue weighted by Crippen LogP contribution is -2.49. The highest BCUT2D eigenvalue weighted by atomic mass is 35.5. The molecule has 1 atom stereocenters. The number of anilines is 1. The summed E-state index contributed by atoms with van der Waals surface area (Å²) in [7, 11) is 1.75. The van der Waals surface area contributed by atoms with E-state index in [1.807, 2.05) is 12.1 Å². The molecule has 174 valence electrons. The first kappa shape index (κ1) is 22.1. The van der Waals surface area contributed by atoms with E-state index in [1.54, 1.807) is 53.3 Å². The topological polar surface area (TPSA) is 122 Å². The molecule has 0 radical (unpaired) electrons. The van der Waals surface area contributed by atoms with Crippen LogP contribution in [0, 0.1) is 0 Å². The minimum Gasteiger partial charge on any atom is -0.315 e. The smallest absolute Gasteiger partial charge is 0.315 e. The van der Waals surface area contributed by atoms with Crippen LogP contribution in [-0.2, 0) is 7.05 Å². The van der Waals surface area contributed by atoms with E-state index in [2.05, 4.69) is 30.1 Å². The lowest BCUT2D eigenvalue weighted by Gasteiger charge is -2.34. The number of benzene rings is 1. The highest BCUT2D eigenvalue weighted by Gasteiger charge is 2.30. The van der Waals surface area contributed by atoms with E-state index in [4.69, 9.17) is 11.6 Å². The van der Waals surface area contributed by atoms with Crippen molar-refractivity contribution in [3.63, 3.8) is 0 Å². The van der Waals surface area contributed by atoms with Gasteiger partial charge in [0.2, 0.25) is 5.82 Å². The van der Waals surface area contributed by atoms with Crippen LogP contribution in [0.1, 0.15) is 23.2 Å². The Bertz CT molecular complexity index is 1370. The Morgan fingerprint density at radius 2 is 2.09 bits per heavy atom. The summed E-state index contributed by atoms with van der Waals surface area (Å²) in [6.07, 6.45) is 5.14. The molecule has 1 aliphatic heterocycles. The molecule has 34 heavy (non-hydrogen) atoms. The fourth-order valence-corrected chi connectivity index (χ4v) is 4.45. The van der Waals surface area contributed by atoms with Crippen LogP contribution in [0.15, 0.2) is 58.1 Å². The first-order chi connectivity index (χ1) is 16.5. The van der Waals surface area contributed by atoms with Gasteiger partial charge in [0.25, 0.3) is 5.91 Å². The van der Waals surface area contributed by atoms with Crippen molar-refractivity contribution in [2.75, 3.05) is 18.0 Å². The van der Waals surface area contributed by atoms with Crippen LogP contribution in [0.5, 0.6) is 0 Å². The van der Waals surface area contributed by atoms with Gasteiger partial charge in [0.1, 0.15) is 5.69 Å². The van der Waals surface area contributed by atoms with Gasteiger partial charge in [0, 0.05) is 30.9 Å². The number of aromatic nitrogens is 5. The van der Waals surface area contributed by atoms with E-state index >= 15 is 0 Å². The standard InChI is InChI=1S/C23H22ClN7O3/c1-30-19(20-28-23(33)34-29-20)17(13-27-30)14-6-8-15(9-7-14)22(32)31(16-4-2-10-25-12-16)21-18(24)5-3-11-26-21/h3,5-9,11,13,16,25H,2,4,10,12H2,1H3,(H,28,29,33). The zero-order valence-corrected chi connectivity index (χ0v) is 19.1. The molecular formula is C23H22ClN7O3. The Hall–Kier alpha value is -3.76. The van der Waals surface area contributed by atoms with Gasteiger partial charge in [0.15, 0.2) is 5.82 Å². The monoisotopic (exact) mass is 479 g/mol. The van der Waals surface area contributed by atoms with E-state index < -0.39 is 5.76 Å². The van der Waals surface area contributed by atoms with Crippen LogP contribution in [0.25, 0.3) is 22.6 Å². The number of halogens is 1. The Kier molecular flexibility index (Phi) is 5.99. The van der Waals surface area contributed by atoms with Crippen molar-refractivity contribution in [1.82, 2.24) is 30.2 Å². The summed E-state index contributed by atoms with van der Waals surface area (Å²) in [4.78, 5) is 33.7. The lowest BCUT2D eigenvalue weighted by molar-refractivity contribution is 0.0971. The molecule has 1 amide bonds. The molecule has 3 aromatic heterocycles. The maximum Gasteiger partial charge on any atom is 0.439 e. The van der Waals surface area contributed by atoms with Crippen molar-refractivity contribution in [2.24, 2.45) is 7.05 Å². The molecular weight excluding hydrogens is 458 g/mol. The molecule has 1 unspecified atom stereocenters. The van der Waals surface area contributed by atoms with Gasteiger partial charge in [0.05, 0.1) is 17.3 Å². The largest absolute Gasteiger partial charge is 0.439 e. The third-order valence-electron chi connectivity index (χ3n) is 5.87. The predicted molar refractivity (Wildman–Crippen MR) is 127 cm³/mol. The fraction of sp³-hybridized carbons (Fsp3) is 0.261. The van der Waals surface area contributed by atoms with Crippen LogP contribution < -0.4 is 16.0 Å². The first-order valence-corrected chi connectivity index (χ1v) is 11.2. The van der Waals surface area contributed by atoms with Crippen LogP contribution in [0.3, 0.4) is 0 Å². The molecule has 5 rings (SSSR count). The number of rotatable bonds is 5. The maximum atomic E-state index is 13.7. The van der Waals surface area contributed by atoms with Gasteiger partial charge in [-0.2, -0.15) is 5.10 Å². The number of nitrogens with zero attached hydrogens (tertiary/aromatic N) is 5. The van der Waals surface area contributed by atoms with Crippen molar-refractivity contribution < 1.29 is 9.32 Å². The summed E-state index contributed by atoms with van der Waals surface area (Å²) in [5, 5.41) is 11.8. The Morgan fingerprint density at radius 1 is 1.26 bits per heavy atom. The van der Waals surface area contributed by atoms with Crippen molar-refractivity contribution >= 4 is 23.3 Å². The molecule has 1 aliphatic rings. The van der Waals surface area contributed by atoms with Gasteiger partial charge in [-0.15, -0.1) is 0 Å². The average molecular weight is 480 g/mol. The predicted octanol–water partition coefficient (Wildman–Crippen LogP) is 2.88. The molecule has 0 spiro atoms. The second-order valence-corrected chi connectivity index (χ2v) is 8.44. The summed E-state index contributed by atoms with van der Waals surface area (Å²) in [6, 6.07) is 10.6. The Labute approximate surface area is 199 Å². The molecule has 1 fully saturated rings. The van der Waals surface area contributed by atoms with E-state index in [0.29, 0.717) is 28.6 Å². The zero-order chi connectivity index (χ0) is 23.7. The number of amides is 1. The SMILES string of the molecule is Cn1ncc(-c2ccc(C(=O)N(c3ncccc3Cl)C3CCCNC3)cc2)c1-c1noc(=O)[nH]1. The molecule has 0 aliphatic carbocycles. The first-order valence-electron chi connectivity index (χ1n) is 10.9. The van der Waals surface area contributed by atoms with E-state index in [-0.39, 0.29) is 17.8 Å². The second-order valence-electron chi connectivity index (χ2n) is 8.04. The number of carbonyl (C=O) groups is 1. The van der Waals surface area contributed by atoms with Crippen molar-refractivity contribution in [3.8, 4) is 22.6 Å². The number of aromatic amines is 1. The average Bonchev–Trinajstić information content (AvgIpc) is 3.46. The minimum atomic E-state index is -0.645. The van der Waals surface area contributed by atoms with Gasteiger partial charge >= 0.3 is 5.76 Å². The van der Waals surface area contributed by atoms with Gasteiger partial charge < -0.3 is 5.32 Å². The van der Waals surface area contributed by atoms with Crippen molar-refractivity contribution in [1.29, 1.82) is 0 Å². The van der Waals surface area contributed by atoms with E-state index in [1.165, 1.54) is 0 Å². The molecule has 1 aromatic carbocycles. The molecule has 0 saturated carbocycles. The van der Waals surface area contributed by atoms with Gasteiger partial charge in [-0.1, -0.05) is 28.9 Å². The molecule has 4 heterocycles. The molecule has 11 heteroatoms. The number of hydrogen-bond acceptors (Lipinski definition) is 7. The summed E-state index contributed by atoms with van der Waals surface area (Å²) in [6.45, 7) is 1.60. The number of H-pyrrole nitrogens is 1. The highest BCUT2D eigenvalue weighted by molar-refractivity contribution is 6.33. The maximum absolute atomic E-state index is 13.7. The molecule has 0 bridgehead atoms. The number of carbonyl (C=O) groups excluding carboxylic acids is 1. The Balaban J connectivity index is 1.48. The third-order valence-corrected chi connectivity index (χ3v) is 6.16. The van der Waals surface area contributed by atoms with E-state index in [9.17, 15) is 9.59 Å². The summed E-state index contributed by atoms with van der Waals surface area (Å²) < 4.78 is 6.25. The fourth-order valence-electron chi connectivity index (χ4n) is 4.24. The van der Waals surface area contributed by atoms with Crippen molar-refractivity contribution in [2.45, 2.75) is 18.9 Å². The quantitative estimate of drug-likeness (QED) is 0.451. The normalized spacial score (nSPS) is 15.9. The van der Waals surface area contributed by atoms with Crippen LogP contribution >= 0.6 is 11.6 Å². The van der Waals surface area contributed by atoms with Crippen molar-refractivity contribution in [3.05, 3.63) is 69.9 Å². The second kappa shape index (κ2) is 9.24. The zero-order valence-electron chi connectivity index (χ0n) is 18.4. The number of hydrogen-bond donors (Lipinski definition) is 2. The lowest BCUT2D eigenvalue weighted by atomic mass is 10.0. The number of nitrogens with one attached hydrogen (secondary N) is 2. The van der Waals surface area contributed by atoms with E-state index in [0.717, 1.165) is 30.5 Å². The Morgan fingerprint density at radius 3 is 2.76 bits per heavy atom. The minimum absolute atomic E-state index is 0.0535. The molecule has 10 nitrogen and oxygen atoms in total. The number of pyridine rings is 1. The van der Waals surface area contributed by atoms with Gasteiger partial charge in [-0.3, -0.25) is 23.9 Å². The van der Waals surface area contributed by atoms with Crippen LogP contribution in [0.4, 0.5) is 5.82 Å². The summed E-state index contributed by atoms with van der Waals surface area (Å²) in [5.74, 6) is -0.0842. The molecule has 2 N–H and O–H groups in total. The molecule has 1 saturated heterocycles. The number of aryl methyl sites for hydroxylation is 1. The third kappa shape index (κ3) is 4.13. The highest BCUT2D eigenvalue weighted by Crippen LogP contribution is 2.31. The number of piperidine rings is 1. The van der Waals surface area contributed by atoms with Gasteiger partial charge in [-0.25, -0.2) is 9.78 Å². The van der Waals surface area contributed by atoms with Crippen LogP contribution in [-0.4, -0.2) is 49.9 Å².